The third kappa shape index (κ3) is 3.98. The van der Waals surface area contributed by atoms with Crippen molar-refractivity contribution >= 4 is 11.6 Å². The van der Waals surface area contributed by atoms with Gasteiger partial charge in [-0.3, -0.25) is 4.90 Å². The lowest BCUT2D eigenvalue weighted by atomic mass is 9.94. The van der Waals surface area contributed by atoms with Gasteiger partial charge in [-0.05, 0) is 29.8 Å². The summed E-state index contributed by atoms with van der Waals surface area (Å²) in [5.41, 5.74) is 0.540. The maximum atomic E-state index is 13.3. The summed E-state index contributed by atoms with van der Waals surface area (Å²) in [6.07, 6.45) is -4.42. The van der Waals surface area contributed by atoms with Crippen LogP contribution in [-0.4, -0.2) is 38.2 Å². The standard InChI is InChI=1S/C19H20ClF3N2O/c1-26-17-5-3-2-4-14(17)18(25-10-8-24-9-11-25)15-12-13(19(21,22)23)6-7-16(15)20/h2-7,12,18,24H,8-11H2,1H3. The molecular formula is C19H20ClF3N2O. The molecule has 0 radical (unpaired) electrons. The molecule has 3 nitrogen and oxygen atoms in total. The highest BCUT2D eigenvalue weighted by atomic mass is 35.5. The predicted molar refractivity (Wildman–Crippen MR) is 95.7 cm³/mol. The summed E-state index contributed by atoms with van der Waals surface area (Å²) >= 11 is 6.36. The largest absolute Gasteiger partial charge is 0.496 e. The lowest BCUT2D eigenvalue weighted by molar-refractivity contribution is -0.137. The molecule has 0 aliphatic carbocycles. The van der Waals surface area contributed by atoms with Crippen molar-refractivity contribution in [1.29, 1.82) is 0 Å². The van der Waals surface area contributed by atoms with Crippen molar-refractivity contribution in [2.24, 2.45) is 0 Å². The number of piperazine rings is 1. The molecule has 2 aromatic carbocycles. The Kier molecular flexibility index (Phi) is 5.75. The van der Waals surface area contributed by atoms with E-state index in [0.717, 1.165) is 30.8 Å². The highest BCUT2D eigenvalue weighted by molar-refractivity contribution is 6.31. The van der Waals surface area contributed by atoms with Gasteiger partial charge < -0.3 is 10.1 Å². The van der Waals surface area contributed by atoms with Crippen LogP contribution in [0.25, 0.3) is 0 Å². The van der Waals surface area contributed by atoms with E-state index < -0.39 is 17.8 Å². The van der Waals surface area contributed by atoms with Gasteiger partial charge in [0.2, 0.25) is 0 Å². The number of methoxy groups -OCH3 is 1. The number of halogens is 4. The topological polar surface area (TPSA) is 24.5 Å². The van der Waals surface area contributed by atoms with Gasteiger partial charge in [-0.2, -0.15) is 13.2 Å². The Hall–Kier alpha value is -1.76. The normalized spacial score (nSPS) is 17.1. The van der Waals surface area contributed by atoms with Gasteiger partial charge in [0.25, 0.3) is 0 Å². The van der Waals surface area contributed by atoms with Gasteiger partial charge >= 0.3 is 6.18 Å². The molecule has 1 saturated heterocycles. The van der Waals surface area contributed by atoms with Crippen molar-refractivity contribution in [3.63, 3.8) is 0 Å². The first-order valence-corrected chi connectivity index (χ1v) is 8.74. The number of hydrogen-bond acceptors (Lipinski definition) is 3. The molecular weight excluding hydrogens is 365 g/mol. The summed E-state index contributed by atoms with van der Waals surface area (Å²) in [4.78, 5) is 2.13. The van der Waals surface area contributed by atoms with Crippen molar-refractivity contribution in [3.05, 3.63) is 64.2 Å². The van der Waals surface area contributed by atoms with E-state index in [4.69, 9.17) is 16.3 Å². The number of para-hydroxylation sites is 1. The fourth-order valence-corrected chi connectivity index (χ4v) is 3.54. The molecule has 1 fully saturated rings. The summed E-state index contributed by atoms with van der Waals surface area (Å²) < 4.78 is 45.3. The summed E-state index contributed by atoms with van der Waals surface area (Å²) in [6, 6.07) is 10.5. The van der Waals surface area contributed by atoms with Crippen molar-refractivity contribution in [3.8, 4) is 5.75 Å². The van der Waals surface area contributed by atoms with Crippen molar-refractivity contribution in [2.45, 2.75) is 12.2 Å². The van der Waals surface area contributed by atoms with Gasteiger partial charge in [-0.25, -0.2) is 0 Å². The molecule has 1 N–H and O–H groups in total. The number of alkyl halides is 3. The van der Waals surface area contributed by atoms with E-state index in [1.54, 1.807) is 7.11 Å². The maximum Gasteiger partial charge on any atom is 0.416 e. The van der Waals surface area contributed by atoms with Crippen LogP contribution in [0.5, 0.6) is 5.75 Å². The van der Waals surface area contributed by atoms with Crippen LogP contribution in [0.4, 0.5) is 13.2 Å². The zero-order valence-corrected chi connectivity index (χ0v) is 15.1. The quantitative estimate of drug-likeness (QED) is 0.847. The Morgan fingerprint density at radius 3 is 2.42 bits per heavy atom. The minimum Gasteiger partial charge on any atom is -0.496 e. The molecule has 1 unspecified atom stereocenters. The fraction of sp³-hybridized carbons (Fsp3) is 0.368. The van der Waals surface area contributed by atoms with Gasteiger partial charge in [0.15, 0.2) is 0 Å². The van der Waals surface area contributed by atoms with E-state index in [9.17, 15) is 13.2 Å². The molecule has 1 aliphatic rings. The third-order valence-corrected chi connectivity index (χ3v) is 4.91. The van der Waals surface area contributed by atoms with Gasteiger partial charge in [0.05, 0.1) is 18.7 Å². The van der Waals surface area contributed by atoms with E-state index in [-0.39, 0.29) is 0 Å². The van der Waals surface area contributed by atoms with Crippen LogP contribution in [0.15, 0.2) is 42.5 Å². The molecule has 1 atom stereocenters. The van der Waals surface area contributed by atoms with Crippen LogP contribution in [0.3, 0.4) is 0 Å². The molecule has 1 aliphatic heterocycles. The van der Waals surface area contributed by atoms with Gasteiger partial charge in [0.1, 0.15) is 5.75 Å². The van der Waals surface area contributed by atoms with E-state index in [2.05, 4.69) is 10.2 Å². The molecule has 1 heterocycles. The average Bonchev–Trinajstić information content (AvgIpc) is 2.64. The highest BCUT2D eigenvalue weighted by Gasteiger charge is 2.34. The maximum absolute atomic E-state index is 13.3. The molecule has 0 aromatic heterocycles. The summed E-state index contributed by atoms with van der Waals surface area (Å²) in [7, 11) is 1.56. The van der Waals surface area contributed by atoms with Crippen molar-refractivity contribution in [1.82, 2.24) is 10.2 Å². The summed E-state index contributed by atoms with van der Waals surface area (Å²) in [6.45, 7) is 2.94. The molecule has 0 saturated carbocycles. The molecule has 3 rings (SSSR count). The Bertz CT molecular complexity index is 761. The monoisotopic (exact) mass is 384 g/mol. The number of nitrogens with zero attached hydrogens (tertiary/aromatic N) is 1. The van der Waals surface area contributed by atoms with Crippen LogP contribution in [0, 0.1) is 0 Å². The number of benzene rings is 2. The lowest BCUT2D eigenvalue weighted by Crippen LogP contribution is -2.45. The van der Waals surface area contributed by atoms with Crippen LogP contribution < -0.4 is 10.1 Å². The molecule has 26 heavy (non-hydrogen) atoms. The minimum absolute atomic E-state index is 0.312. The van der Waals surface area contributed by atoms with Gasteiger partial charge in [-0.15, -0.1) is 0 Å². The summed E-state index contributed by atoms with van der Waals surface area (Å²) in [5, 5.41) is 3.58. The van der Waals surface area contributed by atoms with Crippen LogP contribution in [0.2, 0.25) is 5.02 Å². The Morgan fingerprint density at radius 1 is 1.08 bits per heavy atom. The predicted octanol–water partition coefficient (Wildman–Crippen LogP) is 4.36. The van der Waals surface area contributed by atoms with Crippen LogP contribution in [-0.2, 0) is 6.18 Å². The second-order valence-corrected chi connectivity index (χ2v) is 6.57. The zero-order chi connectivity index (χ0) is 18.7. The lowest BCUT2D eigenvalue weighted by Gasteiger charge is -2.36. The fourth-order valence-electron chi connectivity index (χ4n) is 3.32. The molecule has 140 valence electrons. The van der Waals surface area contributed by atoms with E-state index >= 15 is 0 Å². The van der Waals surface area contributed by atoms with E-state index in [1.807, 2.05) is 24.3 Å². The Balaban J connectivity index is 2.15. The second kappa shape index (κ2) is 7.86. The second-order valence-electron chi connectivity index (χ2n) is 6.16. The third-order valence-electron chi connectivity index (χ3n) is 4.57. The number of rotatable bonds is 4. The zero-order valence-electron chi connectivity index (χ0n) is 14.3. The molecule has 0 amide bonds. The molecule has 0 bridgehead atoms. The first kappa shape index (κ1) is 19.0. The number of ether oxygens (including phenoxy) is 1. The molecule has 2 aromatic rings. The van der Waals surface area contributed by atoms with Crippen LogP contribution in [0.1, 0.15) is 22.7 Å². The molecule has 0 spiro atoms. The molecule has 7 heteroatoms. The van der Waals surface area contributed by atoms with Crippen molar-refractivity contribution < 1.29 is 17.9 Å². The smallest absolute Gasteiger partial charge is 0.416 e. The van der Waals surface area contributed by atoms with Crippen molar-refractivity contribution in [2.75, 3.05) is 33.3 Å². The van der Waals surface area contributed by atoms with E-state index in [0.29, 0.717) is 29.4 Å². The van der Waals surface area contributed by atoms with Gasteiger partial charge in [-0.1, -0.05) is 29.8 Å². The number of hydrogen-bond donors (Lipinski definition) is 1. The van der Waals surface area contributed by atoms with E-state index in [1.165, 1.54) is 6.07 Å². The van der Waals surface area contributed by atoms with Gasteiger partial charge in [0, 0.05) is 36.8 Å². The number of nitrogens with one attached hydrogen (secondary N) is 1. The first-order valence-electron chi connectivity index (χ1n) is 8.36. The first-order chi connectivity index (χ1) is 12.4. The Labute approximate surface area is 155 Å². The van der Waals surface area contributed by atoms with Crippen LogP contribution >= 0.6 is 11.6 Å². The minimum atomic E-state index is -4.42. The SMILES string of the molecule is COc1ccccc1C(c1cc(C(F)(F)F)ccc1Cl)N1CCNCC1. The Morgan fingerprint density at radius 2 is 1.77 bits per heavy atom. The highest BCUT2D eigenvalue weighted by Crippen LogP contribution is 2.40. The average molecular weight is 385 g/mol. The summed E-state index contributed by atoms with van der Waals surface area (Å²) in [5.74, 6) is 0.629.